The van der Waals surface area contributed by atoms with E-state index in [0.717, 1.165) is 50.8 Å². The lowest BCUT2D eigenvalue weighted by molar-refractivity contribution is 0.0545. The van der Waals surface area contributed by atoms with Crippen molar-refractivity contribution in [3.8, 4) is 5.75 Å². The number of halogens is 2. The topological polar surface area (TPSA) is 79.0 Å². The van der Waals surface area contributed by atoms with E-state index in [0.29, 0.717) is 34.9 Å². The van der Waals surface area contributed by atoms with E-state index in [-0.39, 0.29) is 17.0 Å². The Bertz CT molecular complexity index is 1130. The minimum atomic E-state index is -3.32. The van der Waals surface area contributed by atoms with Crippen LogP contribution in [0.4, 0.5) is 10.5 Å². The summed E-state index contributed by atoms with van der Waals surface area (Å²) >= 11 is 12.1. The number of benzene rings is 2. The monoisotopic (exact) mass is 525 g/mol. The Morgan fingerprint density at radius 3 is 2.32 bits per heavy atom. The van der Waals surface area contributed by atoms with E-state index < -0.39 is 9.84 Å². The van der Waals surface area contributed by atoms with Crippen molar-refractivity contribution in [2.24, 2.45) is 0 Å². The van der Waals surface area contributed by atoms with Crippen molar-refractivity contribution in [1.82, 2.24) is 9.80 Å². The van der Waals surface area contributed by atoms with Crippen molar-refractivity contribution < 1.29 is 17.9 Å². The van der Waals surface area contributed by atoms with Gasteiger partial charge in [0.2, 0.25) is 0 Å². The first-order chi connectivity index (χ1) is 16.2. The van der Waals surface area contributed by atoms with Crippen molar-refractivity contribution in [2.75, 3.05) is 37.8 Å². The first-order valence-corrected chi connectivity index (χ1v) is 14.1. The van der Waals surface area contributed by atoms with Crippen LogP contribution in [-0.4, -0.2) is 68.8 Å². The molecule has 0 unspecified atom stereocenters. The van der Waals surface area contributed by atoms with Gasteiger partial charge in [0.15, 0.2) is 9.84 Å². The molecule has 0 radical (unpaired) electrons. The molecule has 2 aliphatic heterocycles. The number of anilines is 1. The van der Waals surface area contributed by atoms with Crippen molar-refractivity contribution >= 4 is 44.8 Å². The molecule has 184 valence electrons. The van der Waals surface area contributed by atoms with Gasteiger partial charge >= 0.3 is 6.03 Å². The average Bonchev–Trinajstić information content (AvgIpc) is 2.82. The highest BCUT2D eigenvalue weighted by atomic mass is 35.5. The Balaban J connectivity index is 1.23. The van der Waals surface area contributed by atoms with Gasteiger partial charge in [-0.25, -0.2) is 13.2 Å². The number of nitrogens with one attached hydrogen (secondary N) is 1. The third-order valence-corrected chi connectivity index (χ3v) is 8.30. The lowest BCUT2D eigenvalue weighted by Gasteiger charge is -2.41. The Morgan fingerprint density at radius 2 is 1.68 bits per heavy atom. The lowest BCUT2D eigenvalue weighted by atomic mass is 9.99. The molecule has 0 aromatic heterocycles. The summed E-state index contributed by atoms with van der Waals surface area (Å²) in [7, 11) is -3.32. The van der Waals surface area contributed by atoms with Gasteiger partial charge < -0.3 is 15.0 Å². The third-order valence-electron chi connectivity index (χ3n) is 6.45. The molecule has 34 heavy (non-hydrogen) atoms. The maximum Gasteiger partial charge on any atom is 0.321 e. The molecule has 2 saturated heterocycles. The molecular formula is C24H29Cl2N3O4S. The fourth-order valence-corrected chi connectivity index (χ4v) is 5.50. The number of sulfone groups is 1. The van der Waals surface area contributed by atoms with Crippen LogP contribution >= 0.6 is 23.2 Å². The number of piperidine rings is 2. The van der Waals surface area contributed by atoms with Gasteiger partial charge in [0, 0.05) is 50.2 Å². The number of hydrogen-bond acceptors (Lipinski definition) is 5. The molecule has 0 saturated carbocycles. The lowest BCUT2D eigenvalue weighted by Crippen LogP contribution is -2.50. The second-order valence-electron chi connectivity index (χ2n) is 8.88. The molecule has 0 atom stereocenters. The van der Waals surface area contributed by atoms with E-state index in [1.807, 2.05) is 6.07 Å². The summed E-state index contributed by atoms with van der Waals surface area (Å²) in [6.07, 6.45) is 5.02. The average molecular weight is 526 g/mol. The summed E-state index contributed by atoms with van der Waals surface area (Å²) in [6.45, 7) is 3.26. The van der Waals surface area contributed by atoms with Crippen LogP contribution in [0.3, 0.4) is 0 Å². The van der Waals surface area contributed by atoms with Gasteiger partial charge in [-0.2, -0.15) is 0 Å². The second-order valence-corrected chi connectivity index (χ2v) is 11.7. The van der Waals surface area contributed by atoms with Crippen LogP contribution in [-0.2, 0) is 9.84 Å². The number of amides is 2. The van der Waals surface area contributed by atoms with E-state index in [1.54, 1.807) is 29.2 Å². The fourth-order valence-electron chi connectivity index (χ4n) is 4.54. The summed E-state index contributed by atoms with van der Waals surface area (Å²) in [5, 5.41) is 3.85. The molecule has 1 N–H and O–H groups in total. The van der Waals surface area contributed by atoms with E-state index in [4.69, 9.17) is 27.9 Å². The Labute approximate surface area is 210 Å². The number of nitrogens with zero attached hydrogens (tertiary/aromatic N) is 2. The largest absolute Gasteiger partial charge is 0.490 e. The molecule has 2 aliphatic rings. The Kier molecular flexibility index (Phi) is 7.92. The smallest absolute Gasteiger partial charge is 0.321 e. The van der Waals surface area contributed by atoms with Crippen LogP contribution in [0, 0.1) is 0 Å². The molecule has 2 heterocycles. The van der Waals surface area contributed by atoms with Gasteiger partial charge in [-0.15, -0.1) is 0 Å². The van der Waals surface area contributed by atoms with Gasteiger partial charge in [-0.1, -0.05) is 29.3 Å². The maximum atomic E-state index is 12.7. The first-order valence-electron chi connectivity index (χ1n) is 11.4. The summed E-state index contributed by atoms with van der Waals surface area (Å²) in [5.41, 5.74) is 0.485. The van der Waals surface area contributed by atoms with Crippen molar-refractivity contribution in [3.63, 3.8) is 0 Å². The number of urea groups is 1. The first kappa shape index (κ1) is 25.1. The summed E-state index contributed by atoms with van der Waals surface area (Å²) in [6, 6.07) is 11.9. The van der Waals surface area contributed by atoms with E-state index >= 15 is 0 Å². The van der Waals surface area contributed by atoms with Crippen LogP contribution in [0.2, 0.25) is 10.0 Å². The molecule has 10 heteroatoms. The van der Waals surface area contributed by atoms with Gasteiger partial charge in [-0.3, -0.25) is 4.90 Å². The van der Waals surface area contributed by atoms with Gasteiger partial charge in [0.1, 0.15) is 11.9 Å². The molecule has 4 rings (SSSR count). The molecule has 0 aliphatic carbocycles. The SMILES string of the molecule is CS(=O)(=O)c1cccc(NC(=O)N2CCC(N3CCC(Oc4ccc(Cl)c(Cl)c4)CC3)CC2)c1. The minimum Gasteiger partial charge on any atom is -0.490 e. The molecule has 7 nitrogen and oxygen atoms in total. The molecular weight excluding hydrogens is 497 g/mol. The van der Waals surface area contributed by atoms with E-state index in [2.05, 4.69) is 10.2 Å². The molecule has 0 bridgehead atoms. The second kappa shape index (κ2) is 10.7. The zero-order valence-electron chi connectivity index (χ0n) is 19.0. The number of likely N-dealkylation sites (tertiary alicyclic amines) is 2. The zero-order chi connectivity index (χ0) is 24.3. The van der Waals surface area contributed by atoms with Gasteiger partial charge in [0.25, 0.3) is 0 Å². The van der Waals surface area contributed by atoms with Crippen molar-refractivity contribution in [1.29, 1.82) is 0 Å². The number of carbonyl (C=O) groups is 1. The van der Waals surface area contributed by atoms with Gasteiger partial charge in [0.05, 0.1) is 14.9 Å². The Hall–Kier alpha value is -2.00. The normalized spacial score (nSPS) is 18.6. The van der Waals surface area contributed by atoms with Crippen LogP contribution in [0.5, 0.6) is 5.75 Å². The number of carbonyl (C=O) groups excluding carboxylic acids is 1. The van der Waals surface area contributed by atoms with Crippen LogP contribution in [0.25, 0.3) is 0 Å². The quantitative estimate of drug-likeness (QED) is 0.598. The summed E-state index contributed by atoms with van der Waals surface area (Å²) < 4.78 is 29.6. The van der Waals surface area contributed by atoms with E-state index in [1.165, 1.54) is 12.1 Å². The van der Waals surface area contributed by atoms with Crippen molar-refractivity contribution in [3.05, 3.63) is 52.5 Å². The van der Waals surface area contributed by atoms with E-state index in [9.17, 15) is 13.2 Å². The minimum absolute atomic E-state index is 0.155. The molecule has 2 aromatic rings. The summed E-state index contributed by atoms with van der Waals surface area (Å²) in [4.78, 5) is 17.2. The maximum absolute atomic E-state index is 12.7. The Morgan fingerprint density at radius 1 is 0.971 bits per heavy atom. The highest BCUT2D eigenvalue weighted by molar-refractivity contribution is 7.90. The highest BCUT2D eigenvalue weighted by Gasteiger charge is 2.30. The zero-order valence-corrected chi connectivity index (χ0v) is 21.4. The van der Waals surface area contributed by atoms with Gasteiger partial charge in [-0.05, 0) is 56.0 Å². The van der Waals surface area contributed by atoms with Crippen molar-refractivity contribution in [2.45, 2.75) is 42.7 Å². The number of ether oxygens (including phenoxy) is 1. The highest BCUT2D eigenvalue weighted by Crippen LogP contribution is 2.29. The molecule has 2 aromatic carbocycles. The summed E-state index contributed by atoms with van der Waals surface area (Å²) in [5.74, 6) is 0.745. The molecule has 0 spiro atoms. The fraction of sp³-hybridized carbons (Fsp3) is 0.458. The predicted molar refractivity (Wildman–Crippen MR) is 135 cm³/mol. The van der Waals surface area contributed by atoms with Crippen LogP contribution in [0.15, 0.2) is 47.4 Å². The third kappa shape index (κ3) is 6.36. The van der Waals surface area contributed by atoms with Crippen LogP contribution < -0.4 is 10.1 Å². The standard InChI is InChI=1S/C24H29Cl2N3O4S/c1-34(31,32)21-4-2-3-17(15-21)27-24(30)29-11-7-18(8-12-29)28-13-9-19(10-14-28)33-20-5-6-22(25)23(26)16-20/h2-6,15-16,18-19H,7-14H2,1H3,(H,27,30). The number of hydrogen-bond donors (Lipinski definition) is 1. The number of rotatable bonds is 5. The molecule has 2 fully saturated rings. The molecule has 2 amide bonds. The van der Waals surface area contributed by atoms with Crippen LogP contribution in [0.1, 0.15) is 25.7 Å². The predicted octanol–water partition coefficient (Wildman–Crippen LogP) is 4.94.